The minimum Gasteiger partial charge on any atom is -0.359 e. The molecule has 2 N–H and O–H groups in total. The highest BCUT2D eigenvalue weighted by atomic mass is 16.2. The van der Waals surface area contributed by atoms with E-state index in [1.165, 1.54) is 6.92 Å². The monoisotopic (exact) mass is 204 g/mol. The highest BCUT2D eigenvalue weighted by molar-refractivity contribution is 5.85. The molecule has 0 aromatic heterocycles. The van der Waals surface area contributed by atoms with Gasteiger partial charge in [-0.1, -0.05) is 14.9 Å². The Hall–Kier alpha value is -0.900. The van der Waals surface area contributed by atoms with E-state index in [1.807, 2.05) is 0 Å². The third-order valence-electron chi connectivity index (χ3n) is 1.60. The molecular weight excluding hydrogens is 180 g/mol. The van der Waals surface area contributed by atoms with Gasteiger partial charge in [0.25, 0.3) is 0 Å². The van der Waals surface area contributed by atoms with Crippen LogP contribution in [0.5, 0.6) is 0 Å². The van der Waals surface area contributed by atoms with Crippen LogP contribution in [0.4, 0.5) is 0 Å². The van der Waals surface area contributed by atoms with E-state index in [-0.39, 0.29) is 32.5 Å². The molecule has 0 aromatic carbocycles. The number of rotatable bonds is 5. The topological polar surface area (TPSA) is 58.2 Å². The van der Waals surface area contributed by atoms with Crippen molar-refractivity contribution in [1.29, 1.82) is 0 Å². The lowest BCUT2D eigenvalue weighted by Gasteiger charge is -2.12. The summed E-state index contributed by atoms with van der Waals surface area (Å²) in [7, 11) is 3.33. The molecule has 0 aliphatic rings. The van der Waals surface area contributed by atoms with E-state index in [0.29, 0.717) is 13.0 Å². The summed E-state index contributed by atoms with van der Waals surface area (Å²) >= 11 is 0. The number of hydrogen-bond donors (Lipinski definition) is 2. The maximum atomic E-state index is 11.1. The van der Waals surface area contributed by atoms with Crippen LogP contribution in [0.25, 0.3) is 0 Å². The van der Waals surface area contributed by atoms with Gasteiger partial charge in [-0.15, -0.1) is 0 Å². The van der Waals surface area contributed by atoms with Crippen LogP contribution in [0.3, 0.4) is 0 Å². The zero-order valence-corrected chi connectivity index (χ0v) is 7.81. The lowest BCUT2D eigenvalue weighted by molar-refractivity contribution is -0.128. The van der Waals surface area contributed by atoms with Gasteiger partial charge in [-0.2, -0.15) is 0 Å². The van der Waals surface area contributed by atoms with E-state index >= 15 is 0 Å². The molecule has 0 fully saturated rings. The van der Waals surface area contributed by atoms with Crippen molar-refractivity contribution in [2.45, 2.75) is 28.2 Å². The number of ketones is 1. The highest BCUT2D eigenvalue weighted by Gasteiger charge is 2.17. The SMILES string of the molecule is C.C.CNCC(CC(C)=O)C(=O)NC. The molecular formula is C10H24N2O2. The lowest BCUT2D eigenvalue weighted by atomic mass is 10.0. The molecule has 0 aromatic rings. The van der Waals surface area contributed by atoms with Gasteiger partial charge >= 0.3 is 0 Å². The van der Waals surface area contributed by atoms with E-state index in [1.54, 1.807) is 14.1 Å². The molecule has 0 rings (SSSR count). The van der Waals surface area contributed by atoms with Crippen molar-refractivity contribution in [2.24, 2.45) is 5.92 Å². The standard InChI is InChI=1S/C8H16N2O2.2CH4/c1-6(11)4-7(5-9-2)8(12)10-3;;/h7,9H,4-5H2,1-3H3,(H,10,12);2*1H4. The highest BCUT2D eigenvalue weighted by Crippen LogP contribution is 2.02. The molecule has 86 valence electrons. The molecule has 4 heteroatoms. The van der Waals surface area contributed by atoms with Crippen molar-refractivity contribution in [3.63, 3.8) is 0 Å². The molecule has 0 heterocycles. The summed E-state index contributed by atoms with van der Waals surface area (Å²) in [5.74, 6) is -0.282. The Morgan fingerprint density at radius 2 is 1.71 bits per heavy atom. The number of carbonyl (C=O) groups is 2. The second-order valence-corrected chi connectivity index (χ2v) is 2.77. The summed E-state index contributed by atoms with van der Waals surface area (Å²) in [4.78, 5) is 21.9. The van der Waals surface area contributed by atoms with E-state index in [0.717, 1.165) is 0 Å². The summed E-state index contributed by atoms with van der Waals surface area (Å²) in [6.45, 7) is 2.03. The molecule has 0 spiro atoms. The molecule has 0 saturated carbocycles. The normalized spacial score (nSPS) is 10.5. The Morgan fingerprint density at radius 1 is 1.21 bits per heavy atom. The quantitative estimate of drug-likeness (QED) is 0.697. The summed E-state index contributed by atoms with van der Waals surface area (Å²) in [5.41, 5.74) is 0. The predicted molar refractivity (Wildman–Crippen MR) is 60.2 cm³/mol. The van der Waals surface area contributed by atoms with Crippen molar-refractivity contribution in [1.82, 2.24) is 10.6 Å². The molecule has 1 amide bonds. The van der Waals surface area contributed by atoms with Gasteiger partial charge in [0.05, 0.1) is 5.92 Å². The van der Waals surface area contributed by atoms with Crippen LogP contribution in [0, 0.1) is 5.92 Å². The van der Waals surface area contributed by atoms with Gasteiger partial charge in [0.1, 0.15) is 5.78 Å². The minimum absolute atomic E-state index is 0. The Bertz CT molecular complexity index is 170. The fourth-order valence-corrected chi connectivity index (χ4v) is 1.06. The number of Topliss-reactive ketones (excluding diaryl/α,β-unsaturated/α-hetero) is 1. The molecule has 14 heavy (non-hydrogen) atoms. The second kappa shape index (κ2) is 10.2. The molecule has 0 aliphatic carbocycles. The molecule has 0 bridgehead atoms. The number of nitrogens with one attached hydrogen (secondary N) is 2. The summed E-state index contributed by atoms with van der Waals surface area (Å²) in [5, 5.41) is 5.40. The first-order chi connectivity index (χ1) is 5.61. The molecule has 1 atom stereocenters. The van der Waals surface area contributed by atoms with Crippen molar-refractivity contribution in [3.8, 4) is 0 Å². The van der Waals surface area contributed by atoms with Crippen LogP contribution in [0.1, 0.15) is 28.2 Å². The smallest absolute Gasteiger partial charge is 0.224 e. The summed E-state index contributed by atoms with van der Waals surface area (Å²) < 4.78 is 0. The van der Waals surface area contributed by atoms with Gasteiger partial charge in [-0.05, 0) is 14.0 Å². The fourth-order valence-electron chi connectivity index (χ4n) is 1.06. The number of hydrogen-bond acceptors (Lipinski definition) is 3. The van der Waals surface area contributed by atoms with Crippen LogP contribution in [-0.4, -0.2) is 32.3 Å². The molecule has 0 saturated heterocycles. The molecule has 4 nitrogen and oxygen atoms in total. The zero-order chi connectivity index (χ0) is 9.56. The van der Waals surface area contributed by atoms with E-state index in [2.05, 4.69) is 10.6 Å². The molecule has 0 aliphatic heterocycles. The van der Waals surface area contributed by atoms with Crippen LogP contribution >= 0.6 is 0 Å². The van der Waals surface area contributed by atoms with E-state index < -0.39 is 0 Å². The average molecular weight is 204 g/mol. The van der Waals surface area contributed by atoms with Gasteiger partial charge in [0, 0.05) is 20.0 Å². The van der Waals surface area contributed by atoms with Crippen molar-refractivity contribution >= 4 is 11.7 Å². The Kier molecular flexibility index (Phi) is 13.7. The fraction of sp³-hybridized carbons (Fsp3) is 0.800. The second-order valence-electron chi connectivity index (χ2n) is 2.77. The van der Waals surface area contributed by atoms with Crippen molar-refractivity contribution in [3.05, 3.63) is 0 Å². The van der Waals surface area contributed by atoms with Crippen molar-refractivity contribution in [2.75, 3.05) is 20.6 Å². The van der Waals surface area contributed by atoms with Crippen LogP contribution in [0.2, 0.25) is 0 Å². The third kappa shape index (κ3) is 7.73. The van der Waals surface area contributed by atoms with Crippen LogP contribution < -0.4 is 10.6 Å². The van der Waals surface area contributed by atoms with Gasteiger partial charge in [-0.25, -0.2) is 0 Å². The lowest BCUT2D eigenvalue weighted by Crippen LogP contribution is -2.35. The van der Waals surface area contributed by atoms with Crippen LogP contribution in [-0.2, 0) is 9.59 Å². The van der Waals surface area contributed by atoms with E-state index in [9.17, 15) is 9.59 Å². The number of amides is 1. The van der Waals surface area contributed by atoms with Crippen molar-refractivity contribution < 1.29 is 9.59 Å². The van der Waals surface area contributed by atoms with Gasteiger partial charge < -0.3 is 15.4 Å². The maximum Gasteiger partial charge on any atom is 0.224 e. The van der Waals surface area contributed by atoms with Gasteiger partial charge in [0.15, 0.2) is 0 Å². The largest absolute Gasteiger partial charge is 0.359 e. The number of carbonyl (C=O) groups excluding carboxylic acids is 2. The molecule has 0 radical (unpaired) electrons. The summed E-state index contributed by atoms with van der Waals surface area (Å²) in [6, 6.07) is 0. The maximum absolute atomic E-state index is 11.1. The first-order valence-corrected chi connectivity index (χ1v) is 3.97. The Balaban J connectivity index is -0.000000605. The van der Waals surface area contributed by atoms with Gasteiger partial charge in [0.2, 0.25) is 5.91 Å². The predicted octanol–water partition coefficient (Wildman–Crippen LogP) is 0.819. The third-order valence-corrected chi connectivity index (χ3v) is 1.60. The zero-order valence-electron chi connectivity index (χ0n) is 7.81. The average Bonchev–Trinajstić information content (AvgIpc) is 2.01. The first kappa shape index (κ1) is 18.8. The Morgan fingerprint density at radius 3 is 2.00 bits per heavy atom. The Labute approximate surface area is 87.5 Å². The summed E-state index contributed by atoms with van der Waals surface area (Å²) in [6.07, 6.45) is 0.306. The first-order valence-electron chi connectivity index (χ1n) is 3.97. The molecule has 1 unspecified atom stereocenters. The van der Waals surface area contributed by atoms with E-state index in [4.69, 9.17) is 0 Å². The van der Waals surface area contributed by atoms with Gasteiger partial charge in [-0.3, -0.25) is 4.79 Å². The van der Waals surface area contributed by atoms with Crippen LogP contribution in [0.15, 0.2) is 0 Å². The minimum atomic E-state index is -0.238.